The van der Waals surface area contributed by atoms with Crippen molar-refractivity contribution in [3.05, 3.63) is 29.8 Å². The highest BCUT2D eigenvalue weighted by Crippen LogP contribution is 2.33. The first-order valence-electron chi connectivity index (χ1n) is 8.96. The van der Waals surface area contributed by atoms with Gasteiger partial charge in [0.1, 0.15) is 0 Å². The zero-order chi connectivity index (χ0) is 17.6. The van der Waals surface area contributed by atoms with Crippen molar-refractivity contribution < 1.29 is 14.3 Å². The molecule has 6 heteroatoms. The third-order valence-electron chi connectivity index (χ3n) is 5.09. The Bertz CT molecular complexity index is 608. The molecule has 1 aliphatic heterocycles. The first-order valence-corrected chi connectivity index (χ1v) is 10.1. The van der Waals surface area contributed by atoms with Crippen LogP contribution in [0.2, 0.25) is 0 Å². The maximum absolute atomic E-state index is 12.6. The highest BCUT2D eigenvalue weighted by Gasteiger charge is 2.38. The van der Waals surface area contributed by atoms with Gasteiger partial charge in [0, 0.05) is 17.5 Å². The molecular formula is C19H26N2O3S. The van der Waals surface area contributed by atoms with Crippen LogP contribution in [0.5, 0.6) is 0 Å². The lowest BCUT2D eigenvalue weighted by Crippen LogP contribution is -2.39. The van der Waals surface area contributed by atoms with E-state index < -0.39 is 0 Å². The van der Waals surface area contributed by atoms with E-state index in [0.29, 0.717) is 23.5 Å². The van der Waals surface area contributed by atoms with Gasteiger partial charge >= 0.3 is 5.97 Å². The topological polar surface area (TPSA) is 67.4 Å². The highest BCUT2D eigenvalue weighted by atomic mass is 32.2. The fraction of sp³-hybridized carbons (Fsp3) is 0.579. The number of fused-ring (bicyclic) bond motifs is 1. The summed E-state index contributed by atoms with van der Waals surface area (Å²) in [5.41, 5.74) is 1.90. The van der Waals surface area contributed by atoms with Crippen molar-refractivity contribution in [2.45, 2.75) is 49.9 Å². The third-order valence-corrected chi connectivity index (χ3v) is 6.07. The van der Waals surface area contributed by atoms with Gasteiger partial charge in [0.2, 0.25) is 5.91 Å². The number of carbonyl (C=O) groups excluding carboxylic acids is 2. The number of nitrogens with one attached hydrogen (secondary N) is 2. The summed E-state index contributed by atoms with van der Waals surface area (Å²) < 4.78 is 4.64. The standard InChI is InChI=1S/C19H26N2O3S/c1-24-18(22)12-25-11-13-5-4-7-15(9-13)20-19(23)17-10-14-6-2-3-8-16(14)21-17/h4-5,7,9,14,16-17,21H,2-3,6,8,10-12H2,1H3,(H,20,23). The summed E-state index contributed by atoms with van der Waals surface area (Å²) in [5.74, 6) is 1.55. The summed E-state index contributed by atoms with van der Waals surface area (Å²) in [6.07, 6.45) is 5.96. The van der Waals surface area contributed by atoms with Crippen molar-refractivity contribution in [1.29, 1.82) is 0 Å². The van der Waals surface area contributed by atoms with E-state index in [0.717, 1.165) is 17.7 Å². The minimum absolute atomic E-state index is 0.0637. The summed E-state index contributed by atoms with van der Waals surface area (Å²) >= 11 is 1.51. The number of thioether (sulfide) groups is 1. The van der Waals surface area contributed by atoms with Crippen LogP contribution in [0, 0.1) is 5.92 Å². The van der Waals surface area contributed by atoms with Crippen LogP contribution in [0.25, 0.3) is 0 Å². The predicted octanol–water partition coefficient (Wildman–Crippen LogP) is 2.95. The molecule has 0 bridgehead atoms. The van der Waals surface area contributed by atoms with Crippen LogP contribution in [0.3, 0.4) is 0 Å². The molecule has 3 unspecified atom stereocenters. The minimum Gasteiger partial charge on any atom is -0.468 e. The Morgan fingerprint density at radius 2 is 2.16 bits per heavy atom. The van der Waals surface area contributed by atoms with Crippen LogP contribution in [0.1, 0.15) is 37.7 Å². The average Bonchev–Trinajstić information content (AvgIpc) is 3.06. The molecule has 25 heavy (non-hydrogen) atoms. The number of hydrogen-bond acceptors (Lipinski definition) is 5. The van der Waals surface area contributed by atoms with E-state index >= 15 is 0 Å². The fourth-order valence-corrected chi connectivity index (χ4v) is 4.60. The van der Waals surface area contributed by atoms with Crippen LogP contribution in [-0.4, -0.2) is 36.8 Å². The van der Waals surface area contributed by atoms with Gasteiger partial charge in [0.05, 0.1) is 18.9 Å². The molecule has 0 spiro atoms. The number of rotatable bonds is 6. The Hall–Kier alpha value is -1.53. The first-order chi connectivity index (χ1) is 12.2. The average molecular weight is 362 g/mol. The summed E-state index contributed by atoms with van der Waals surface area (Å²) in [7, 11) is 1.40. The summed E-state index contributed by atoms with van der Waals surface area (Å²) in [6.45, 7) is 0. The van der Waals surface area contributed by atoms with E-state index in [1.54, 1.807) is 0 Å². The van der Waals surface area contributed by atoms with E-state index in [1.807, 2.05) is 24.3 Å². The molecule has 136 valence electrons. The Labute approximate surface area is 153 Å². The number of anilines is 1. The van der Waals surface area contributed by atoms with E-state index in [-0.39, 0.29) is 17.9 Å². The Morgan fingerprint density at radius 1 is 1.32 bits per heavy atom. The second-order valence-corrected chi connectivity index (χ2v) is 7.85. The van der Waals surface area contributed by atoms with E-state index in [1.165, 1.54) is 44.6 Å². The molecule has 5 nitrogen and oxygen atoms in total. The molecule has 1 aromatic rings. The lowest BCUT2D eigenvalue weighted by Gasteiger charge is -2.24. The zero-order valence-corrected chi connectivity index (χ0v) is 15.4. The summed E-state index contributed by atoms with van der Waals surface area (Å²) in [5, 5.41) is 6.56. The van der Waals surface area contributed by atoms with Crippen molar-refractivity contribution in [3.63, 3.8) is 0 Å². The SMILES string of the molecule is COC(=O)CSCc1cccc(NC(=O)C2CC3CCCCC3N2)c1. The number of esters is 1. The Kier molecular flexibility index (Phi) is 6.37. The van der Waals surface area contributed by atoms with Gasteiger partial charge in [0.15, 0.2) is 0 Å². The molecule has 1 aromatic carbocycles. The number of amides is 1. The molecule has 0 aromatic heterocycles. The molecular weight excluding hydrogens is 336 g/mol. The van der Waals surface area contributed by atoms with Crippen LogP contribution in [-0.2, 0) is 20.1 Å². The van der Waals surface area contributed by atoms with Gasteiger partial charge in [-0.25, -0.2) is 0 Å². The Balaban J connectivity index is 1.51. The van der Waals surface area contributed by atoms with Crippen molar-refractivity contribution in [2.24, 2.45) is 5.92 Å². The van der Waals surface area contributed by atoms with E-state index in [4.69, 9.17) is 0 Å². The monoisotopic (exact) mass is 362 g/mol. The minimum atomic E-state index is -0.219. The quantitative estimate of drug-likeness (QED) is 0.762. The number of methoxy groups -OCH3 is 1. The maximum atomic E-state index is 12.6. The highest BCUT2D eigenvalue weighted by molar-refractivity contribution is 7.99. The van der Waals surface area contributed by atoms with Gasteiger partial charge in [0.25, 0.3) is 0 Å². The van der Waals surface area contributed by atoms with E-state index in [2.05, 4.69) is 15.4 Å². The molecule has 1 amide bonds. The van der Waals surface area contributed by atoms with Crippen LogP contribution < -0.4 is 10.6 Å². The second-order valence-electron chi connectivity index (χ2n) is 6.86. The van der Waals surface area contributed by atoms with Crippen LogP contribution in [0.4, 0.5) is 5.69 Å². The second kappa shape index (κ2) is 8.72. The van der Waals surface area contributed by atoms with Gasteiger partial charge < -0.3 is 15.4 Å². The number of ether oxygens (including phenoxy) is 1. The molecule has 3 rings (SSSR count). The predicted molar refractivity (Wildman–Crippen MR) is 101 cm³/mol. The number of hydrogen-bond donors (Lipinski definition) is 2. The van der Waals surface area contributed by atoms with Crippen LogP contribution >= 0.6 is 11.8 Å². The largest absolute Gasteiger partial charge is 0.468 e. The molecule has 2 fully saturated rings. The third kappa shape index (κ3) is 4.98. The lowest BCUT2D eigenvalue weighted by molar-refractivity contribution is -0.137. The zero-order valence-electron chi connectivity index (χ0n) is 14.6. The van der Waals surface area contributed by atoms with Gasteiger partial charge in [-0.05, 0) is 42.9 Å². The molecule has 1 heterocycles. The maximum Gasteiger partial charge on any atom is 0.315 e. The normalized spacial score (nSPS) is 25.2. The van der Waals surface area contributed by atoms with Gasteiger partial charge in [-0.1, -0.05) is 25.0 Å². The number of carbonyl (C=O) groups is 2. The summed E-state index contributed by atoms with van der Waals surface area (Å²) in [4.78, 5) is 23.7. The van der Waals surface area contributed by atoms with Crippen molar-refractivity contribution in [2.75, 3.05) is 18.2 Å². The first kappa shape index (κ1) is 18.3. The van der Waals surface area contributed by atoms with Crippen molar-refractivity contribution in [3.8, 4) is 0 Å². The van der Waals surface area contributed by atoms with Crippen molar-refractivity contribution >= 4 is 29.3 Å². The smallest absolute Gasteiger partial charge is 0.315 e. The van der Waals surface area contributed by atoms with E-state index in [9.17, 15) is 9.59 Å². The molecule has 3 atom stereocenters. The molecule has 1 saturated heterocycles. The molecule has 2 aliphatic rings. The van der Waals surface area contributed by atoms with Crippen molar-refractivity contribution in [1.82, 2.24) is 5.32 Å². The Morgan fingerprint density at radius 3 is 2.96 bits per heavy atom. The number of benzene rings is 1. The fourth-order valence-electron chi connectivity index (χ4n) is 3.80. The molecule has 1 aliphatic carbocycles. The molecule has 0 radical (unpaired) electrons. The molecule has 1 saturated carbocycles. The molecule has 2 N–H and O–H groups in total. The van der Waals surface area contributed by atoms with Crippen LogP contribution in [0.15, 0.2) is 24.3 Å². The van der Waals surface area contributed by atoms with Gasteiger partial charge in [-0.3, -0.25) is 9.59 Å². The van der Waals surface area contributed by atoms with Gasteiger partial charge in [-0.2, -0.15) is 0 Å². The van der Waals surface area contributed by atoms with Gasteiger partial charge in [-0.15, -0.1) is 11.8 Å². The lowest BCUT2D eigenvalue weighted by atomic mass is 9.85. The summed E-state index contributed by atoms with van der Waals surface area (Å²) in [6, 6.07) is 8.27.